The summed E-state index contributed by atoms with van der Waals surface area (Å²) >= 11 is 0. The van der Waals surface area contributed by atoms with E-state index in [1.807, 2.05) is 0 Å². The number of ether oxygens (including phenoxy) is 2. The highest BCUT2D eigenvalue weighted by Crippen LogP contribution is 2.26. The Morgan fingerprint density at radius 1 is 1.14 bits per heavy atom. The quantitative estimate of drug-likeness (QED) is 0.598. The molecule has 80 valence electrons. The minimum atomic E-state index is 0.500. The molecule has 0 fully saturated rings. The van der Waals surface area contributed by atoms with E-state index >= 15 is 0 Å². The number of hydrogen-bond acceptors (Lipinski definition) is 2. The van der Waals surface area contributed by atoms with Crippen LogP contribution in [-0.4, -0.2) is 20.4 Å². The van der Waals surface area contributed by atoms with Crippen LogP contribution in [0.4, 0.5) is 4.39 Å². The lowest BCUT2D eigenvalue weighted by Gasteiger charge is -2.15. The van der Waals surface area contributed by atoms with Gasteiger partial charge in [0, 0.05) is 12.8 Å². The zero-order valence-electron chi connectivity index (χ0n) is 8.81. The molecule has 0 unspecified atom stereocenters. The molecule has 1 heterocycles. The van der Waals surface area contributed by atoms with Gasteiger partial charge < -0.3 is 9.47 Å². The van der Waals surface area contributed by atoms with E-state index in [1.165, 1.54) is 5.57 Å². The van der Waals surface area contributed by atoms with Gasteiger partial charge in [-0.3, -0.25) is 4.39 Å². The van der Waals surface area contributed by atoms with Crippen molar-refractivity contribution in [3.05, 3.63) is 23.2 Å². The fourth-order valence-corrected chi connectivity index (χ4v) is 1.51. The van der Waals surface area contributed by atoms with Crippen LogP contribution >= 0.6 is 0 Å². The van der Waals surface area contributed by atoms with Crippen molar-refractivity contribution in [3.8, 4) is 0 Å². The molecule has 0 aromatic carbocycles. The summed E-state index contributed by atoms with van der Waals surface area (Å²) in [6.45, 7) is 3.74. The van der Waals surface area contributed by atoms with Gasteiger partial charge in [0.15, 0.2) is 5.76 Å². The van der Waals surface area contributed by atoms with E-state index < -0.39 is 0 Å². The van der Waals surface area contributed by atoms with E-state index in [4.69, 9.17) is 9.47 Å². The van der Waals surface area contributed by atoms with Crippen molar-refractivity contribution in [1.29, 1.82) is 0 Å². The summed E-state index contributed by atoms with van der Waals surface area (Å²) in [4.78, 5) is 0. The van der Waals surface area contributed by atoms with Crippen molar-refractivity contribution < 1.29 is 13.9 Å². The number of halogens is 1. The van der Waals surface area contributed by atoms with Crippen molar-refractivity contribution >= 4 is 0 Å². The lowest BCUT2D eigenvalue weighted by atomic mass is 10.0. The van der Waals surface area contributed by atoms with Crippen LogP contribution in [0.15, 0.2) is 23.2 Å². The first-order valence-corrected chi connectivity index (χ1v) is 4.90. The third-order valence-electron chi connectivity index (χ3n) is 2.22. The van der Waals surface area contributed by atoms with E-state index in [2.05, 4.69) is 13.0 Å². The molecule has 0 aromatic heterocycles. The van der Waals surface area contributed by atoms with Crippen LogP contribution in [-0.2, 0) is 9.47 Å². The highest BCUT2D eigenvalue weighted by molar-refractivity contribution is 5.26. The smallest absolute Gasteiger partial charge is 0.156 e. The standard InChI is InChI=1S/C10H14O2.CH3F/c1-8-3-4-9-10(7-8)12-6-2-5-11-9;1-2/h7H,2-6H2,1H3;1H3. The molecule has 0 saturated carbocycles. The van der Waals surface area contributed by atoms with Gasteiger partial charge in [-0.2, -0.15) is 0 Å². The Kier molecular flexibility index (Phi) is 4.50. The Labute approximate surface area is 84.4 Å². The average molecular weight is 200 g/mol. The molecule has 0 amide bonds. The highest BCUT2D eigenvalue weighted by Gasteiger charge is 2.16. The highest BCUT2D eigenvalue weighted by atomic mass is 19.1. The number of hydrogen-bond donors (Lipinski definition) is 0. The van der Waals surface area contributed by atoms with E-state index in [9.17, 15) is 4.39 Å². The zero-order valence-corrected chi connectivity index (χ0v) is 8.81. The monoisotopic (exact) mass is 200 g/mol. The first kappa shape index (κ1) is 11.1. The van der Waals surface area contributed by atoms with Crippen LogP contribution in [0.3, 0.4) is 0 Å². The first-order valence-electron chi connectivity index (χ1n) is 4.90. The molecule has 2 nitrogen and oxygen atoms in total. The number of rotatable bonds is 0. The molecule has 0 bridgehead atoms. The molecule has 0 radical (unpaired) electrons. The molecule has 0 N–H and O–H groups in total. The topological polar surface area (TPSA) is 18.5 Å². The largest absolute Gasteiger partial charge is 0.494 e. The lowest BCUT2D eigenvalue weighted by molar-refractivity contribution is 0.203. The second-order valence-corrected chi connectivity index (χ2v) is 3.33. The van der Waals surface area contributed by atoms with E-state index in [0.29, 0.717) is 7.18 Å². The zero-order chi connectivity index (χ0) is 10.4. The maximum Gasteiger partial charge on any atom is 0.156 e. The van der Waals surface area contributed by atoms with E-state index in [0.717, 1.165) is 44.0 Å². The van der Waals surface area contributed by atoms with Crippen LogP contribution in [0.2, 0.25) is 0 Å². The summed E-state index contributed by atoms with van der Waals surface area (Å²) in [5.41, 5.74) is 1.39. The Hall–Kier alpha value is -0.990. The molecule has 0 saturated heterocycles. The van der Waals surface area contributed by atoms with Crippen molar-refractivity contribution in [1.82, 2.24) is 0 Å². The third kappa shape index (κ3) is 2.76. The molecule has 0 aromatic rings. The van der Waals surface area contributed by atoms with Gasteiger partial charge in [0.25, 0.3) is 0 Å². The molecule has 0 spiro atoms. The van der Waals surface area contributed by atoms with Crippen LogP contribution in [0, 0.1) is 0 Å². The van der Waals surface area contributed by atoms with Crippen molar-refractivity contribution in [2.45, 2.75) is 26.2 Å². The molecule has 2 rings (SSSR count). The van der Waals surface area contributed by atoms with Crippen LogP contribution in [0.25, 0.3) is 0 Å². The molecular formula is C11H17FO2. The summed E-state index contributed by atoms with van der Waals surface area (Å²) in [6, 6.07) is 0. The Bertz CT molecular complexity index is 244. The van der Waals surface area contributed by atoms with Gasteiger partial charge in [-0.25, -0.2) is 0 Å². The Morgan fingerprint density at radius 3 is 2.64 bits per heavy atom. The maximum absolute atomic E-state index is 9.50. The second-order valence-electron chi connectivity index (χ2n) is 3.33. The minimum absolute atomic E-state index is 0.500. The summed E-state index contributed by atoms with van der Waals surface area (Å²) < 4.78 is 20.6. The minimum Gasteiger partial charge on any atom is -0.494 e. The van der Waals surface area contributed by atoms with Gasteiger partial charge in [-0.05, 0) is 19.4 Å². The number of alkyl halides is 1. The van der Waals surface area contributed by atoms with Gasteiger partial charge in [0.05, 0.1) is 20.4 Å². The molecule has 1 aliphatic carbocycles. The van der Waals surface area contributed by atoms with Crippen LogP contribution in [0.1, 0.15) is 26.2 Å². The molecule has 14 heavy (non-hydrogen) atoms. The average Bonchev–Trinajstić information content (AvgIpc) is 2.45. The van der Waals surface area contributed by atoms with Gasteiger partial charge >= 0.3 is 0 Å². The predicted octanol–water partition coefficient (Wildman–Crippen LogP) is 2.96. The molecule has 0 atom stereocenters. The fraction of sp³-hybridized carbons (Fsp3) is 0.636. The van der Waals surface area contributed by atoms with E-state index in [1.54, 1.807) is 0 Å². The summed E-state index contributed by atoms with van der Waals surface area (Å²) in [6.07, 6.45) is 5.23. The van der Waals surface area contributed by atoms with Crippen LogP contribution in [0.5, 0.6) is 0 Å². The third-order valence-corrected chi connectivity index (χ3v) is 2.22. The first-order chi connectivity index (χ1) is 6.86. The van der Waals surface area contributed by atoms with Crippen molar-refractivity contribution in [2.24, 2.45) is 0 Å². The fourth-order valence-electron chi connectivity index (χ4n) is 1.51. The van der Waals surface area contributed by atoms with E-state index in [-0.39, 0.29) is 0 Å². The normalized spacial score (nSPS) is 20.4. The second kappa shape index (κ2) is 5.68. The molecule has 3 heteroatoms. The Balaban J connectivity index is 0.000000461. The summed E-state index contributed by atoms with van der Waals surface area (Å²) in [7, 11) is 0.500. The Morgan fingerprint density at radius 2 is 1.86 bits per heavy atom. The predicted molar refractivity (Wildman–Crippen MR) is 53.6 cm³/mol. The SMILES string of the molecule is CC1=CC2=C(CC1)OCCCO2.CF. The summed E-state index contributed by atoms with van der Waals surface area (Å²) in [5.74, 6) is 2.02. The molecule has 2 aliphatic rings. The van der Waals surface area contributed by atoms with Gasteiger partial charge in [0.1, 0.15) is 5.76 Å². The number of allylic oxidation sites excluding steroid dienone is 3. The summed E-state index contributed by atoms with van der Waals surface area (Å²) in [5, 5.41) is 0. The van der Waals surface area contributed by atoms with Crippen molar-refractivity contribution in [2.75, 3.05) is 20.4 Å². The van der Waals surface area contributed by atoms with Gasteiger partial charge in [-0.15, -0.1) is 0 Å². The maximum atomic E-state index is 9.50. The van der Waals surface area contributed by atoms with Gasteiger partial charge in [-0.1, -0.05) is 5.57 Å². The molecular weight excluding hydrogens is 183 g/mol. The van der Waals surface area contributed by atoms with Gasteiger partial charge in [0.2, 0.25) is 0 Å². The lowest BCUT2D eigenvalue weighted by Crippen LogP contribution is -2.01. The molecule has 1 aliphatic heterocycles. The van der Waals surface area contributed by atoms with Crippen molar-refractivity contribution in [3.63, 3.8) is 0 Å². The van der Waals surface area contributed by atoms with Crippen LogP contribution < -0.4 is 0 Å².